The van der Waals surface area contributed by atoms with E-state index in [9.17, 15) is 35.9 Å². The number of benzene rings is 3. The third-order valence-electron chi connectivity index (χ3n) is 6.01. The topological polar surface area (TPSA) is 105 Å². The van der Waals surface area contributed by atoms with Gasteiger partial charge in [0.15, 0.2) is 0 Å². The van der Waals surface area contributed by atoms with Crippen molar-refractivity contribution in [2.24, 2.45) is 0 Å². The Morgan fingerprint density at radius 3 is 1.87 bits per heavy atom. The van der Waals surface area contributed by atoms with Crippen molar-refractivity contribution in [2.75, 3.05) is 11.5 Å². The minimum Gasteiger partial charge on any atom is -0.472 e. The molecule has 0 saturated heterocycles. The average Bonchev–Trinajstić information content (AvgIpc) is 2.85. The Bertz CT molecular complexity index is 1430. The predicted octanol–water partition coefficient (Wildman–Crippen LogP) is 5.39. The third-order valence-corrected chi connectivity index (χ3v) is 6.01. The van der Waals surface area contributed by atoms with Gasteiger partial charge >= 0.3 is 24.3 Å². The summed E-state index contributed by atoms with van der Waals surface area (Å²) in [5.74, 6) is -5.36. The summed E-state index contributed by atoms with van der Waals surface area (Å²) in [6, 6.07) is 16.2. The van der Waals surface area contributed by atoms with Gasteiger partial charge in [0.05, 0.1) is 5.57 Å². The molecule has 0 bridgehead atoms. The van der Waals surface area contributed by atoms with E-state index in [1.54, 1.807) is 30.3 Å². The zero-order valence-corrected chi connectivity index (χ0v) is 19.9. The molecule has 0 fully saturated rings. The Labute approximate surface area is 217 Å². The number of halogens is 6. The summed E-state index contributed by atoms with van der Waals surface area (Å²) >= 11 is 0. The summed E-state index contributed by atoms with van der Waals surface area (Å²) in [6.07, 6.45) is -11.0. The summed E-state index contributed by atoms with van der Waals surface area (Å²) in [5, 5.41) is 0. The Balaban J connectivity index is 1.81. The van der Waals surface area contributed by atoms with Crippen LogP contribution in [0.25, 0.3) is 6.08 Å². The van der Waals surface area contributed by atoms with Crippen molar-refractivity contribution in [2.45, 2.75) is 30.8 Å². The number of anilines is 2. The first kappa shape index (κ1) is 27.6. The Morgan fingerprint density at radius 2 is 1.33 bits per heavy atom. The van der Waals surface area contributed by atoms with Crippen LogP contribution >= 0.6 is 0 Å². The fourth-order valence-electron chi connectivity index (χ4n) is 4.07. The van der Waals surface area contributed by atoms with Crippen molar-refractivity contribution < 1.29 is 45.4 Å². The molecule has 3 aromatic carbocycles. The van der Waals surface area contributed by atoms with Gasteiger partial charge in [-0.05, 0) is 59.5 Å². The molecule has 0 radical (unpaired) electrons. The molecule has 0 saturated carbocycles. The standard InChI is InChI=1S/C27H20F6N2O4/c28-26(29,30)24(37)38-23(36)21-13-18-6-1-17(11-15-2-7-19(34)8-3-15)12-22(18)39-25(21,27(31,32)33)14-16-4-9-20(35)10-5-16/h1-10,12-13H,11,14,34-35H2. The van der Waals surface area contributed by atoms with Crippen molar-refractivity contribution in [3.8, 4) is 5.75 Å². The number of hydrogen-bond donors (Lipinski definition) is 2. The van der Waals surface area contributed by atoms with Gasteiger partial charge in [0.2, 0.25) is 5.60 Å². The van der Waals surface area contributed by atoms with Crippen LogP contribution in [0.3, 0.4) is 0 Å². The maximum Gasteiger partial charge on any atom is 0.491 e. The smallest absolute Gasteiger partial charge is 0.472 e. The van der Waals surface area contributed by atoms with Crippen LogP contribution in [-0.2, 0) is 27.2 Å². The number of hydrogen-bond acceptors (Lipinski definition) is 6. The lowest BCUT2D eigenvalue weighted by Gasteiger charge is -2.40. The summed E-state index contributed by atoms with van der Waals surface area (Å²) in [5.41, 5.74) is 8.59. The summed E-state index contributed by atoms with van der Waals surface area (Å²) in [4.78, 5) is 24.0. The monoisotopic (exact) mass is 550 g/mol. The molecule has 204 valence electrons. The van der Waals surface area contributed by atoms with E-state index in [4.69, 9.17) is 16.2 Å². The zero-order valence-electron chi connectivity index (χ0n) is 19.9. The summed E-state index contributed by atoms with van der Waals surface area (Å²) < 4.78 is 92.0. The zero-order chi connectivity index (χ0) is 28.6. The van der Waals surface area contributed by atoms with Gasteiger partial charge in [-0.25, -0.2) is 9.59 Å². The number of esters is 2. The SMILES string of the molecule is Nc1ccc(Cc2ccc3c(c2)OC(Cc2ccc(N)cc2)(C(F)(F)F)C(C(=O)OC(=O)C(F)(F)F)=C3)cc1. The molecule has 1 unspecified atom stereocenters. The molecule has 12 heteroatoms. The van der Waals surface area contributed by atoms with Crippen molar-refractivity contribution in [1.82, 2.24) is 0 Å². The van der Waals surface area contributed by atoms with Crippen molar-refractivity contribution in [3.63, 3.8) is 0 Å². The highest BCUT2D eigenvalue weighted by Crippen LogP contribution is 2.48. The molecule has 6 nitrogen and oxygen atoms in total. The largest absolute Gasteiger partial charge is 0.491 e. The first-order valence-corrected chi connectivity index (χ1v) is 11.3. The van der Waals surface area contributed by atoms with Crippen molar-refractivity contribution in [1.29, 1.82) is 0 Å². The van der Waals surface area contributed by atoms with E-state index < -0.39 is 41.9 Å². The Kier molecular flexibility index (Phi) is 7.07. The van der Waals surface area contributed by atoms with Crippen LogP contribution in [0.4, 0.5) is 37.7 Å². The molecular formula is C27H20F6N2O4. The molecule has 1 aliphatic rings. The lowest BCUT2D eigenvalue weighted by molar-refractivity contribution is -0.236. The lowest BCUT2D eigenvalue weighted by Crippen LogP contribution is -2.57. The minimum absolute atomic E-state index is 0.00357. The predicted molar refractivity (Wildman–Crippen MR) is 129 cm³/mol. The summed E-state index contributed by atoms with van der Waals surface area (Å²) in [6.45, 7) is 0. The highest BCUT2D eigenvalue weighted by atomic mass is 19.4. The fourth-order valence-corrected chi connectivity index (χ4v) is 4.07. The van der Waals surface area contributed by atoms with E-state index >= 15 is 0 Å². The number of carbonyl (C=O) groups is 2. The molecule has 4 N–H and O–H groups in total. The molecule has 4 rings (SSSR count). The van der Waals surface area contributed by atoms with E-state index in [0.29, 0.717) is 17.7 Å². The van der Waals surface area contributed by atoms with Crippen LogP contribution in [0.15, 0.2) is 72.3 Å². The second-order valence-electron chi connectivity index (χ2n) is 8.87. The number of alkyl halides is 6. The molecule has 0 aliphatic carbocycles. The number of carbonyl (C=O) groups excluding carboxylic acids is 2. The van der Waals surface area contributed by atoms with Crippen LogP contribution in [0.5, 0.6) is 5.75 Å². The van der Waals surface area contributed by atoms with Gasteiger partial charge in [-0.15, -0.1) is 0 Å². The lowest BCUT2D eigenvalue weighted by atomic mass is 9.82. The van der Waals surface area contributed by atoms with Gasteiger partial charge in [0.1, 0.15) is 5.75 Å². The van der Waals surface area contributed by atoms with E-state index in [2.05, 4.69) is 4.74 Å². The van der Waals surface area contributed by atoms with Gasteiger partial charge in [-0.2, -0.15) is 26.3 Å². The fraction of sp³-hybridized carbons (Fsp3) is 0.185. The second kappa shape index (κ2) is 10.0. The van der Waals surface area contributed by atoms with Gasteiger partial charge in [-0.3, -0.25) is 0 Å². The first-order chi connectivity index (χ1) is 18.2. The minimum atomic E-state index is -5.61. The second-order valence-corrected chi connectivity index (χ2v) is 8.87. The number of nitrogen functional groups attached to an aromatic ring is 2. The molecular weight excluding hydrogens is 530 g/mol. The van der Waals surface area contributed by atoms with Gasteiger partial charge in [0, 0.05) is 23.4 Å². The van der Waals surface area contributed by atoms with E-state index in [-0.39, 0.29) is 22.6 Å². The number of rotatable bonds is 5. The first-order valence-electron chi connectivity index (χ1n) is 11.3. The van der Waals surface area contributed by atoms with Gasteiger partial charge in [-0.1, -0.05) is 36.4 Å². The Morgan fingerprint density at radius 1 is 0.795 bits per heavy atom. The molecule has 1 atom stereocenters. The normalized spacial score (nSPS) is 17.0. The number of fused-ring (bicyclic) bond motifs is 1. The van der Waals surface area contributed by atoms with E-state index in [1.165, 1.54) is 36.4 Å². The quantitative estimate of drug-likeness (QED) is 0.191. The highest BCUT2D eigenvalue weighted by Gasteiger charge is 2.63. The van der Waals surface area contributed by atoms with Crippen LogP contribution in [0.1, 0.15) is 22.3 Å². The molecule has 0 amide bonds. The maximum absolute atomic E-state index is 14.8. The van der Waals surface area contributed by atoms with Crippen molar-refractivity contribution in [3.05, 3.63) is 94.6 Å². The van der Waals surface area contributed by atoms with Crippen LogP contribution < -0.4 is 16.2 Å². The van der Waals surface area contributed by atoms with E-state index in [0.717, 1.165) is 11.6 Å². The number of ether oxygens (including phenoxy) is 2. The Hall–Kier alpha value is -4.48. The van der Waals surface area contributed by atoms with Gasteiger partial charge in [0.25, 0.3) is 0 Å². The van der Waals surface area contributed by atoms with E-state index in [1.807, 2.05) is 0 Å². The summed E-state index contributed by atoms with van der Waals surface area (Å²) in [7, 11) is 0. The molecule has 0 spiro atoms. The van der Waals surface area contributed by atoms with Crippen LogP contribution in [0, 0.1) is 0 Å². The highest BCUT2D eigenvalue weighted by molar-refractivity contribution is 6.03. The molecule has 0 aromatic heterocycles. The molecule has 39 heavy (non-hydrogen) atoms. The van der Waals surface area contributed by atoms with Crippen LogP contribution in [0.2, 0.25) is 0 Å². The maximum atomic E-state index is 14.8. The van der Waals surface area contributed by atoms with Gasteiger partial charge < -0.3 is 20.9 Å². The van der Waals surface area contributed by atoms with Crippen molar-refractivity contribution >= 4 is 29.4 Å². The average molecular weight is 550 g/mol. The molecule has 1 aliphatic heterocycles. The third kappa shape index (κ3) is 5.84. The molecule has 3 aromatic rings. The molecule has 1 heterocycles. The van der Waals surface area contributed by atoms with Crippen LogP contribution in [-0.4, -0.2) is 29.9 Å². The number of nitrogens with two attached hydrogens (primary N) is 2.